The predicted octanol–water partition coefficient (Wildman–Crippen LogP) is 0.628. The number of aromatic nitrogens is 3. The van der Waals surface area contributed by atoms with Crippen LogP contribution in [0.1, 0.15) is 18.4 Å². The van der Waals surface area contributed by atoms with E-state index in [4.69, 9.17) is 0 Å². The molecule has 0 atom stereocenters. The molecule has 0 unspecified atom stereocenters. The van der Waals surface area contributed by atoms with Crippen molar-refractivity contribution in [3.63, 3.8) is 0 Å². The number of hydrogen-bond donors (Lipinski definition) is 0. The van der Waals surface area contributed by atoms with Crippen molar-refractivity contribution < 1.29 is 13.2 Å². The zero-order chi connectivity index (χ0) is 18.4. The molecule has 2 aromatic heterocycles. The predicted molar refractivity (Wildman–Crippen MR) is 93.3 cm³/mol. The number of likely N-dealkylation sites (tertiary alicyclic amines) is 1. The Bertz CT molecular complexity index is 917. The highest BCUT2D eigenvalue weighted by atomic mass is 32.2. The lowest BCUT2D eigenvalue weighted by atomic mass is 9.71. The Morgan fingerprint density at radius 2 is 2.04 bits per heavy atom. The van der Waals surface area contributed by atoms with Crippen molar-refractivity contribution in [3.05, 3.63) is 42.6 Å². The normalized spacial score (nSPS) is 20.3. The molecule has 8 nitrogen and oxygen atoms in total. The van der Waals surface area contributed by atoms with Crippen LogP contribution in [0.25, 0.3) is 0 Å². The van der Waals surface area contributed by atoms with Gasteiger partial charge in [-0.15, -0.1) is 0 Å². The molecule has 0 aliphatic carbocycles. The van der Waals surface area contributed by atoms with E-state index in [1.165, 1.54) is 16.8 Å². The first kappa shape index (κ1) is 17.2. The van der Waals surface area contributed by atoms with Crippen LogP contribution in [0.15, 0.2) is 42.1 Å². The molecule has 0 saturated carbocycles. The Balaban J connectivity index is 1.39. The maximum atomic E-state index is 12.7. The van der Waals surface area contributed by atoms with Crippen molar-refractivity contribution in [1.82, 2.24) is 23.7 Å². The summed E-state index contributed by atoms with van der Waals surface area (Å²) in [5.74, 6) is 0.122. The first-order valence-corrected chi connectivity index (χ1v) is 10.0. The number of aryl methyl sites for hydroxylation is 1. The van der Waals surface area contributed by atoms with Crippen molar-refractivity contribution >= 4 is 15.9 Å². The number of β-lactam (4-membered cyclic amide) rings is 1. The number of carbonyl (C=O) groups is 1. The lowest BCUT2D eigenvalue weighted by Crippen LogP contribution is -2.64. The molecule has 2 aromatic rings. The van der Waals surface area contributed by atoms with Crippen LogP contribution < -0.4 is 0 Å². The maximum Gasteiger partial charge on any atom is 0.262 e. The first-order chi connectivity index (χ1) is 12.4. The average Bonchev–Trinajstić information content (AvgIpc) is 3.10. The third-order valence-electron chi connectivity index (χ3n) is 5.30. The van der Waals surface area contributed by atoms with E-state index >= 15 is 0 Å². The number of rotatable bonds is 4. The molecule has 0 aromatic carbocycles. The van der Waals surface area contributed by atoms with Crippen molar-refractivity contribution in [2.24, 2.45) is 12.5 Å². The maximum absolute atomic E-state index is 12.7. The molecule has 2 aliphatic heterocycles. The molecule has 0 bridgehead atoms. The van der Waals surface area contributed by atoms with Gasteiger partial charge in [-0.3, -0.25) is 9.78 Å². The quantitative estimate of drug-likeness (QED) is 0.732. The molecular weight excluding hydrogens is 354 g/mol. The SMILES string of the molecule is Cn1cnc(S(=O)(=O)N2CCC3(CC2)CN(Cc2cccnc2)C3=O)c1. The van der Waals surface area contributed by atoms with E-state index in [2.05, 4.69) is 9.97 Å². The molecule has 2 aliphatic rings. The Kier molecular flexibility index (Phi) is 4.07. The zero-order valence-corrected chi connectivity index (χ0v) is 15.4. The van der Waals surface area contributed by atoms with Gasteiger partial charge in [-0.2, -0.15) is 4.31 Å². The molecule has 4 heterocycles. The van der Waals surface area contributed by atoms with Gasteiger partial charge in [0.25, 0.3) is 10.0 Å². The van der Waals surface area contributed by atoms with Crippen LogP contribution in [-0.2, 0) is 28.4 Å². The van der Waals surface area contributed by atoms with E-state index in [0.29, 0.717) is 39.0 Å². The fourth-order valence-electron chi connectivity index (χ4n) is 3.77. The van der Waals surface area contributed by atoms with Crippen molar-refractivity contribution in [1.29, 1.82) is 0 Å². The van der Waals surface area contributed by atoms with Crippen LogP contribution in [-0.4, -0.2) is 57.7 Å². The number of carbonyl (C=O) groups excluding carboxylic acids is 1. The summed E-state index contributed by atoms with van der Waals surface area (Å²) in [6.07, 6.45) is 7.57. The van der Waals surface area contributed by atoms with E-state index < -0.39 is 15.4 Å². The van der Waals surface area contributed by atoms with Crippen molar-refractivity contribution in [2.75, 3.05) is 19.6 Å². The number of hydrogen-bond acceptors (Lipinski definition) is 5. The fourth-order valence-corrected chi connectivity index (χ4v) is 5.18. The van der Waals surface area contributed by atoms with E-state index in [0.717, 1.165) is 5.56 Å². The number of nitrogens with zero attached hydrogens (tertiary/aromatic N) is 5. The second-order valence-electron chi connectivity index (χ2n) is 7.08. The summed E-state index contributed by atoms with van der Waals surface area (Å²) in [4.78, 5) is 22.5. The smallest absolute Gasteiger partial charge is 0.262 e. The summed E-state index contributed by atoms with van der Waals surface area (Å²) in [7, 11) is -1.85. The summed E-state index contributed by atoms with van der Waals surface area (Å²) in [6.45, 7) is 1.94. The zero-order valence-electron chi connectivity index (χ0n) is 14.6. The van der Waals surface area contributed by atoms with Gasteiger partial charge in [0.15, 0.2) is 5.03 Å². The molecule has 0 N–H and O–H groups in total. The fraction of sp³-hybridized carbons (Fsp3) is 0.471. The second kappa shape index (κ2) is 6.17. The first-order valence-electron chi connectivity index (χ1n) is 8.57. The van der Waals surface area contributed by atoms with E-state index in [1.54, 1.807) is 24.0 Å². The van der Waals surface area contributed by atoms with Gasteiger partial charge in [-0.25, -0.2) is 13.4 Å². The number of imidazole rings is 1. The topological polar surface area (TPSA) is 88.4 Å². The third-order valence-corrected chi connectivity index (χ3v) is 7.08. The molecule has 2 saturated heterocycles. The van der Waals surface area contributed by atoms with Crippen LogP contribution >= 0.6 is 0 Å². The molecular formula is C17H21N5O3S. The minimum Gasteiger partial charge on any atom is -0.339 e. The van der Waals surface area contributed by atoms with Gasteiger partial charge >= 0.3 is 0 Å². The Hall–Kier alpha value is -2.26. The number of sulfonamides is 1. The van der Waals surface area contributed by atoms with Gasteiger partial charge in [-0.05, 0) is 24.5 Å². The van der Waals surface area contributed by atoms with Crippen molar-refractivity contribution in [3.8, 4) is 0 Å². The van der Waals surface area contributed by atoms with Crippen molar-refractivity contribution in [2.45, 2.75) is 24.4 Å². The minimum absolute atomic E-state index is 0.0640. The van der Waals surface area contributed by atoms with Crippen LogP contribution in [0.4, 0.5) is 0 Å². The highest BCUT2D eigenvalue weighted by Crippen LogP contribution is 2.43. The lowest BCUT2D eigenvalue weighted by Gasteiger charge is -2.52. The standard InChI is InChI=1S/C17H21N5O3S/c1-20-11-15(19-13-20)26(24,25)22-7-4-17(5-8-22)12-21(16(17)23)10-14-3-2-6-18-9-14/h2-3,6,9,11,13H,4-5,7-8,10,12H2,1H3. The van der Waals surface area contributed by atoms with Crippen LogP contribution in [0.3, 0.4) is 0 Å². The Morgan fingerprint density at radius 3 is 2.62 bits per heavy atom. The minimum atomic E-state index is -3.59. The van der Waals surface area contributed by atoms with E-state index in [1.807, 2.05) is 17.0 Å². The van der Waals surface area contributed by atoms with Gasteiger partial charge < -0.3 is 9.47 Å². The summed E-state index contributed by atoms with van der Waals surface area (Å²) in [6, 6.07) is 3.81. The number of piperidine rings is 1. The Morgan fingerprint density at radius 1 is 1.27 bits per heavy atom. The van der Waals surface area contributed by atoms with E-state index in [-0.39, 0.29) is 10.9 Å². The van der Waals surface area contributed by atoms with Crippen LogP contribution in [0.2, 0.25) is 0 Å². The highest BCUT2D eigenvalue weighted by Gasteiger charge is 2.53. The lowest BCUT2D eigenvalue weighted by molar-refractivity contribution is -0.165. The highest BCUT2D eigenvalue weighted by molar-refractivity contribution is 7.89. The molecule has 1 amide bonds. The molecule has 0 radical (unpaired) electrons. The summed E-state index contributed by atoms with van der Waals surface area (Å²) in [5, 5.41) is 0.0640. The molecule has 9 heteroatoms. The number of pyridine rings is 1. The second-order valence-corrected chi connectivity index (χ2v) is 8.97. The molecule has 4 rings (SSSR count). The summed E-state index contributed by atoms with van der Waals surface area (Å²) in [5.41, 5.74) is 0.601. The number of amides is 1. The molecule has 1 spiro atoms. The van der Waals surface area contributed by atoms with Gasteiger partial charge in [-0.1, -0.05) is 6.07 Å². The summed E-state index contributed by atoms with van der Waals surface area (Å²) < 4.78 is 28.4. The monoisotopic (exact) mass is 375 g/mol. The Labute approximate surface area is 152 Å². The average molecular weight is 375 g/mol. The third kappa shape index (κ3) is 2.80. The molecule has 2 fully saturated rings. The largest absolute Gasteiger partial charge is 0.339 e. The molecule has 26 heavy (non-hydrogen) atoms. The van der Waals surface area contributed by atoms with Gasteiger partial charge in [0.05, 0.1) is 11.7 Å². The van der Waals surface area contributed by atoms with Crippen LogP contribution in [0, 0.1) is 5.41 Å². The van der Waals surface area contributed by atoms with Crippen LogP contribution in [0.5, 0.6) is 0 Å². The molecule has 138 valence electrons. The van der Waals surface area contributed by atoms with Gasteiger partial charge in [0.1, 0.15) is 0 Å². The van der Waals surface area contributed by atoms with Gasteiger partial charge in [0.2, 0.25) is 5.91 Å². The van der Waals surface area contributed by atoms with Gasteiger partial charge in [0, 0.05) is 51.8 Å². The van der Waals surface area contributed by atoms with E-state index in [9.17, 15) is 13.2 Å². The summed E-state index contributed by atoms with van der Waals surface area (Å²) >= 11 is 0.